The maximum absolute atomic E-state index is 14.4. The Morgan fingerprint density at radius 3 is 0.652 bits per heavy atom. The number of rotatable bonds is 28. The molecule has 0 spiro atoms. The molecule has 4 amide bonds. The molecule has 0 aromatic heterocycles. The molecular formula is C76H88N8O8. The lowest BCUT2D eigenvalue weighted by atomic mass is 9.90. The molecule has 4 atom stereocenters. The van der Waals surface area contributed by atoms with Crippen LogP contribution < -0.4 is 63.1 Å². The number of carbonyl (C=O) groups is 4. The lowest BCUT2D eigenvalue weighted by Crippen LogP contribution is -2.37. The Balaban J connectivity index is 1.29. The molecule has 0 saturated carbocycles. The second kappa shape index (κ2) is 33.1. The van der Waals surface area contributed by atoms with Crippen LogP contribution in [-0.4, -0.2) is 74.2 Å². The number of benzene rings is 8. The second-order valence-corrected chi connectivity index (χ2v) is 23.7. The highest BCUT2D eigenvalue weighted by Crippen LogP contribution is 2.43. The Morgan fingerprint density at radius 1 is 0.315 bits per heavy atom. The summed E-state index contributed by atoms with van der Waals surface area (Å²) in [6, 6.07) is 50.3. The molecule has 0 radical (unpaired) electrons. The van der Waals surface area contributed by atoms with Crippen molar-refractivity contribution in [2.75, 3.05) is 47.7 Å². The summed E-state index contributed by atoms with van der Waals surface area (Å²) in [6.45, 7) is 9.55. The first kappa shape index (κ1) is 67.1. The highest BCUT2D eigenvalue weighted by Gasteiger charge is 2.28. The number of hydrogen-bond acceptors (Lipinski definition) is 12. The van der Waals surface area contributed by atoms with Gasteiger partial charge in [-0.3, -0.25) is 19.2 Å². The van der Waals surface area contributed by atoms with Gasteiger partial charge in [0, 0.05) is 92.9 Å². The average molecular weight is 1240 g/mol. The predicted molar refractivity (Wildman–Crippen MR) is 367 cm³/mol. The Kier molecular flexibility index (Phi) is 24.2. The maximum Gasteiger partial charge on any atom is 0.241 e. The lowest BCUT2D eigenvalue weighted by molar-refractivity contribution is -0.118. The molecule has 1 aliphatic rings. The Bertz CT molecular complexity index is 3190. The van der Waals surface area contributed by atoms with Crippen LogP contribution in [0.2, 0.25) is 0 Å². The number of hydrogen-bond donors (Lipinski definition) is 8. The van der Waals surface area contributed by atoms with Gasteiger partial charge in [-0.15, -0.1) is 0 Å². The third-order valence-corrected chi connectivity index (χ3v) is 15.9. The second-order valence-electron chi connectivity index (χ2n) is 23.7. The lowest BCUT2D eigenvalue weighted by Gasteiger charge is -2.25. The molecule has 12 N–H and O–H groups in total. The largest absolute Gasteiger partial charge is 0.493 e. The van der Waals surface area contributed by atoms with Crippen molar-refractivity contribution >= 4 is 46.4 Å². The normalized spacial score (nSPS) is 13.1. The summed E-state index contributed by atoms with van der Waals surface area (Å²) in [5.74, 6) is 0.738. The molecule has 0 heterocycles. The molecule has 9 rings (SSSR count). The number of nitrogens with one attached hydrogen (secondary N) is 4. The van der Waals surface area contributed by atoms with Crippen LogP contribution in [0.4, 0.5) is 22.7 Å². The summed E-state index contributed by atoms with van der Waals surface area (Å²) >= 11 is 0. The van der Waals surface area contributed by atoms with E-state index in [0.29, 0.717) is 168 Å². The van der Waals surface area contributed by atoms with Crippen LogP contribution in [0, 0.1) is 0 Å². The summed E-state index contributed by atoms with van der Waals surface area (Å²) in [6.07, 6.45) is 4.61. The van der Waals surface area contributed by atoms with Crippen LogP contribution in [0.5, 0.6) is 23.0 Å². The van der Waals surface area contributed by atoms with Gasteiger partial charge in [-0.1, -0.05) is 149 Å². The van der Waals surface area contributed by atoms with E-state index in [4.69, 9.17) is 41.9 Å². The number of carbonyl (C=O) groups excluding carboxylic acids is 4. The van der Waals surface area contributed by atoms with Crippen LogP contribution in [0.25, 0.3) is 0 Å². The van der Waals surface area contributed by atoms with Crippen LogP contribution in [0.15, 0.2) is 170 Å². The van der Waals surface area contributed by atoms with Crippen molar-refractivity contribution in [2.24, 2.45) is 22.9 Å². The molecular weight excluding hydrogens is 1150 g/mol. The van der Waals surface area contributed by atoms with Gasteiger partial charge in [0.25, 0.3) is 0 Å². The minimum atomic E-state index is -0.899. The average Bonchev–Trinajstić information content (AvgIpc) is 0.825. The van der Waals surface area contributed by atoms with Crippen molar-refractivity contribution in [3.8, 4) is 23.0 Å². The summed E-state index contributed by atoms with van der Waals surface area (Å²) in [5, 5.41) is 12.8. The number of anilines is 4. The van der Waals surface area contributed by atoms with Gasteiger partial charge in [-0.05, 0) is 122 Å². The van der Waals surface area contributed by atoms with Crippen molar-refractivity contribution in [3.63, 3.8) is 0 Å². The van der Waals surface area contributed by atoms with E-state index in [2.05, 4.69) is 21.3 Å². The van der Waals surface area contributed by atoms with Crippen molar-refractivity contribution in [1.29, 1.82) is 0 Å². The molecule has 480 valence electrons. The highest BCUT2D eigenvalue weighted by molar-refractivity contribution is 5.98. The van der Waals surface area contributed by atoms with E-state index in [1.807, 2.05) is 198 Å². The smallest absolute Gasteiger partial charge is 0.241 e. The summed E-state index contributed by atoms with van der Waals surface area (Å²) < 4.78 is 27.7. The standard InChI is InChI=1S/C76H88N8O8/c1-5-29-89-69-53-37-55-43-62(82-74(86)66(78)34-50-23-15-10-16-24-50)45-57(70(55)90-30-6-2)39-59-47-64(84-76(88)68(80)36-52-27-19-12-20-28-52)48-60(72(59)92-32-8-4)40-58-46-63(83-75(87)67(79)35-51-25-17-11-18-26-51)44-56(71(58)91-31-7-3)38-54(69)42-61(41-53)81-73(85)65(77)33-49-21-13-9-14-22-49/h9-28,41-48,65-68H,5-8,29-40,77-80H2,1-4H3,(H,81,85)(H,82,86)(H,83,87)(H,84,88)/t65-,66-,67-,68-/m0/s1. The van der Waals surface area contributed by atoms with Gasteiger partial charge in [0.2, 0.25) is 23.6 Å². The number of nitrogens with two attached hydrogens (primary N) is 4. The predicted octanol–water partition coefficient (Wildman–Crippen LogP) is 11.6. The number of amides is 4. The van der Waals surface area contributed by atoms with E-state index >= 15 is 0 Å². The maximum atomic E-state index is 14.4. The zero-order valence-electron chi connectivity index (χ0n) is 53.4. The van der Waals surface area contributed by atoms with Crippen LogP contribution in [0.1, 0.15) is 120 Å². The van der Waals surface area contributed by atoms with E-state index < -0.39 is 24.2 Å². The van der Waals surface area contributed by atoms with Crippen molar-refractivity contribution in [2.45, 2.75) is 129 Å². The fourth-order valence-corrected chi connectivity index (χ4v) is 11.5. The van der Waals surface area contributed by atoms with Gasteiger partial charge in [0.15, 0.2) is 0 Å². The highest BCUT2D eigenvalue weighted by atomic mass is 16.5. The van der Waals surface area contributed by atoms with E-state index in [9.17, 15) is 19.2 Å². The molecule has 1 aliphatic carbocycles. The molecule has 8 bridgehead atoms. The van der Waals surface area contributed by atoms with E-state index in [1.54, 1.807) is 0 Å². The summed E-state index contributed by atoms with van der Waals surface area (Å²) in [4.78, 5) is 57.7. The first-order valence-electron chi connectivity index (χ1n) is 32.2. The molecule has 92 heavy (non-hydrogen) atoms. The molecule has 0 saturated heterocycles. The van der Waals surface area contributed by atoms with Crippen LogP contribution >= 0.6 is 0 Å². The SMILES string of the molecule is CCCOc1c2cc(NC(=O)[C@@H](N)Cc3ccccc3)cc1Cc1cc(NC(=O)[C@@H](N)Cc3ccccc3)cc(c1OCCC)Cc1cc(NC(=O)[C@@H](N)Cc3ccccc3)cc(c1OCCC)Cc1cc(NC(=O)[C@@H](N)Cc3ccccc3)cc(c1OCCC)C2. The topological polar surface area (TPSA) is 257 Å². The van der Waals surface area contributed by atoms with E-state index in [0.717, 1.165) is 22.3 Å². The molecule has 8 aromatic rings. The van der Waals surface area contributed by atoms with Gasteiger partial charge >= 0.3 is 0 Å². The zero-order valence-corrected chi connectivity index (χ0v) is 53.4. The molecule has 8 aromatic carbocycles. The molecule has 0 unspecified atom stereocenters. The third kappa shape index (κ3) is 18.4. The molecule has 16 nitrogen and oxygen atoms in total. The van der Waals surface area contributed by atoms with Gasteiger partial charge in [-0.2, -0.15) is 0 Å². The molecule has 0 aliphatic heterocycles. The van der Waals surface area contributed by atoms with Gasteiger partial charge in [-0.25, -0.2) is 0 Å². The quantitative estimate of drug-likeness (QED) is 0.0228. The fraction of sp³-hybridized carbons (Fsp3) is 0.316. The Hall–Kier alpha value is -9.32. The van der Waals surface area contributed by atoms with Gasteiger partial charge in [0.05, 0.1) is 50.6 Å². The van der Waals surface area contributed by atoms with Crippen LogP contribution in [-0.2, 0) is 70.5 Å². The van der Waals surface area contributed by atoms with Crippen molar-refractivity contribution in [3.05, 3.63) is 237 Å². The fourth-order valence-electron chi connectivity index (χ4n) is 11.5. The number of fused-ring (bicyclic) bond motifs is 8. The molecule has 0 fully saturated rings. The Morgan fingerprint density at radius 2 is 0.489 bits per heavy atom. The first-order valence-corrected chi connectivity index (χ1v) is 32.2. The van der Waals surface area contributed by atoms with Gasteiger partial charge < -0.3 is 63.1 Å². The van der Waals surface area contributed by atoms with Crippen molar-refractivity contribution in [1.82, 2.24) is 0 Å². The van der Waals surface area contributed by atoms with Crippen LogP contribution in [0.3, 0.4) is 0 Å². The first-order chi connectivity index (χ1) is 44.7. The third-order valence-electron chi connectivity index (χ3n) is 15.9. The van der Waals surface area contributed by atoms with Gasteiger partial charge in [0.1, 0.15) is 23.0 Å². The van der Waals surface area contributed by atoms with E-state index in [1.165, 1.54) is 0 Å². The number of ether oxygens (including phenoxy) is 4. The van der Waals surface area contributed by atoms with Crippen molar-refractivity contribution < 1.29 is 38.1 Å². The molecule has 16 heteroatoms. The zero-order chi connectivity index (χ0) is 64.9. The Labute approximate surface area is 541 Å². The minimum Gasteiger partial charge on any atom is -0.493 e. The minimum absolute atomic E-state index is 0.178. The summed E-state index contributed by atoms with van der Waals surface area (Å²) in [5.41, 5.74) is 38.0. The summed E-state index contributed by atoms with van der Waals surface area (Å²) in [7, 11) is 0. The van der Waals surface area contributed by atoms with E-state index in [-0.39, 0.29) is 49.3 Å². The monoisotopic (exact) mass is 1240 g/mol.